The molecule has 120 valence electrons. The van der Waals surface area contributed by atoms with E-state index in [1.165, 1.54) is 5.57 Å². The molecule has 2 heteroatoms. The molecule has 2 aliphatic rings. The van der Waals surface area contributed by atoms with Crippen LogP contribution in [-0.4, -0.2) is 10.7 Å². The van der Waals surface area contributed by atoms with Crippen molar-refractivity contribution in [3.63, 3.8) is 0 Å². The van der Waals surface area contributed by atoms with Crippen LogP contribution in [0.3, 0.4) is 0 Å². The highest BCUT2D eigenvalue weighted by Crippen LogP contribution is 2.56. The van der Waals surface area contributed by atoms with Crippen LogP contribution in [0.15, 0.2) is 23.8 Å². The molecule has 0 unspecified atom stereocenters. The van der Waals surface area contributed by atoms with E-state index < -0.39 is 0 Å². The average molecular weight is 300 g/mol. The SMILES string of the molecule is CCCc1cc(O)c2c(c1)OC(C)(C)[C@@H]1CCC(C)=C[C@@]21C. The van der Waals surface area contributed by atoms with Gasteiger partial charge in [-0.3, -0.25) is 0 Å². The number of benzene rings is 1. The standard InChI is InChI=1S/C20H28O2/c1-6-7-14-10-15(21)18-16(11-14)22-19(3,4)17-9-8-13(2)12-20(17,18)5/h10-12,17,21H,6-9H2,1-5H3/t17-,20+/m0/s1. The number of aryl methyl sites for hydroxylation is 1. The fourth-order valence-corrected chi connectivity index (χ4v) is 4.74. The largest absolute Gasteiger partial charge is 0.507 e. The number of hydrogen-bond donors (Lipinski definition) is 1. The number of phenols is 1. The number of allylic oxidation sites excluding steroid dienone is 2. The molecular formula is C20H28O2. The molecule has 1 aromatic rings. The first-order chi connectivity index (χ1) is 10.3. The molecule has 22 heavy (non-hydrogen) atoms. The van der Waals surface area contributed by atoms with E-state index >= 15 is 0 Å². The summed E-state index contributed by atoms with van der Waals surface area (Å²) in [5.74, 6) is 1.66. The van der Waals surface area contributed by atoms with Crippen LogP contribution in [0.5, 0.6) is 11.5 Å². The molecule has 1 heterocycles. The first-order valence-electron chi connectivity index (χ1n) is 8.51. The zero-order chi connectivity index (χ0) is 16.1. The van der Waals surface area contributed by atoms with Crippen LogP contribution in [0.1, 0.15) is 65.0 Å². The minimum absolute atomic E-state index is 0.145. The van der Waals surface area contributed by atoms with Gasteiger partial charge in [-0.2, -0.15) is 0 Å². The van der Waals surface area contributed by atoms with Crippen molar-refractivity contribution in [2.45, 2.75) is 71.3 Å². The van der Waals surface area contributed by atoms with E-state index in [1.807, 2.05) is 6.07 Å². The Kier molecular flexibility index (Phi) is 3.54. The van der Waals surface area contributed by atoms with E-state index in [1.54, 1.807) is 0 Å². The van der Waals surface area contributed by atoms with Crippen LogP contribution < -0.4 is 4.74 Å². The first-order valence-corrected chi connectivity index (χ1v) is 8.51. The third kappa shape index (κ3) is 2.24. The second-order valence-electron chi connectivity index (χ2n) is 7.81. The van der Waals surface area contributed by atoms with E-state index in [-0.39, 0.29) is 11.0 Å². The molecule has 0 bridgehead atoms. The number of ether oxygens (including phenoxy) is 1. The molecule has 0 fully saturated rings. The smallest absolute Gasteiger partial charge is 0.128 e. The quantitative estimate of drug-likeness (QED) is 0.767. The Morgan fingerprint density at radius 1 is 1.27 bits per heavy atom. The molecule has 0 spiro atoms. The summed E-state index contributed by atoms with van der Waals surface area (Å²) in [4.78, 5) is 0. The van der Waals surface area contributed by atoms with Crippen molar-refractivity contribution in [3.05, 3.63) is 34.9 Å². The molecule has 2 nitrogen and oxygen atoms in total. The van der Waals surface area contributed by atoms with Gasteiger partial charge in [0.2, 0.25) is 0 Å². The maximum atomic E-state index is 10.7. The Morgan fingerprint density at radius 3 is 2.68 bits per heavy atom. The van der Waals surface area contributed by atoms with E-state index in [9.17, 15) is 5.11 Å². The highest BCUT2D eigenvalue weighted by molar-refractivity contribution is 5.56. The van der Waals surface area contributed by atoms with Crippen molar-refractivity contribution in [1.82, 2.24) is 0 Å². The van der Waals surface area contributed by atoms with Gasteiger partial charge in [-0.25, -0.2) is 0 Å². The molecule has 0 amide bonds. The van der Waals surface area contributed by atoms with E-state index in [0.29, 0.717) is 11.7 Å². The van der Waals surface area contributed by atoms with Gasteiger partial charge in [-0.1, -0.05) is 31.9 Å². The lowest BCUT2D eigenvalue weighted by atomic mass is 9.58. The minimum atomic E-state index is -0.212. The van der Waals surface area contributed by atoms with Gasteiger partial charge < -0.3 is 9.84 Å². The van der Waals surface area contributed by atoms with Crippen LogP contribution in [0.25, 0.3) is 0 Å². The normalized spacial score (nSPS) is 29.1. The first kappa shape index (κ1) is 15.5. The lowest BCUT2D eigenvalue weighted by Crippen LogP contribution is -2.53. The summed E-state index contributed by atoms with van der Waals surface area (Å²) in [6, 6.07) is 4.07. The zero-order valence-electron chi connectivity index (χ0n) is 14.5. The van der Waals surface area contributed by atoms with Crippen molar-refractivity contribution in [3.8, 4) is 11.5 Å². The van der Waals surface area contributed by atoms with Gasteiger partial charge in [0.05, 0.1) is 0 Å². The predicted octanol–water partition coefficient (Wildman–Crippen LogP) is 5.13. The Hall–Kier alpha value is -1.44. The molecule has 1 N–H and O–H groups in total. The Morgan fingerprint density at radius 2 is 2.00 bits per heavy atom. The van der Waals surface area contributed by atoms with E-state index in [0.717, 1.165) is 42.6 Å². The molecule has 0 saturated heterocycles. The Bertz CT molecular complexity index is 627. The Labute approximate surface area is 134 Å². The van der Waals surface area contributed by atoms with E-state index in [4.69, 9.17) is 4.74 Å². The highest BCUT2D eigenvalue weighted by Gasteiger charge is 2.52. The van der Waals surface area contributed by atoms with Crippen LogP contribution in [0.2, 0.25) is 0 Å². The number of phenolic OH excluding ortho intramolecular Hbond substituents is 1. The van der Waals surface area contributed by atoms with Gasteiger partial charge >= 0.3 is 0 Å². The number of hydrogen-bond acceptors (Lipinski definition) is 2. The van der Waals surface area contributed by atoms with E-state index in [2.05, 4.69) is 46.8 Å². The Balaban J connectivity index is 2.22. The summed E-state index contributed by atoms with van der Waals surface area (Å²) in [6.07, 6.45) is 6.64. The zero-order valence-corrected chi connectivity index (χ0v) is 14.5. The molecule has 1 aliphatic carbocycles. The number of aromatic hydroxyl groups is 1. The van der Waals surface area contributed by atoms with Gasteiger partial charge in [0, 0.05) is 16.9 Å². The summed E-state index contributed by atoms with van der Waals surface area (Å²) in [6.45, 7) is 11.0. The van der Waals surface area contributed by atoms with Crippen LogP contribution >= 0.6 is 0 Å². The summed E-state index contributed by atoms with van der Waals surface area (Å²) < 4.78 is 6.37. The lowest BCUT2D eigenvalue weighted by molar-refractivity contribution is -0.0145. The van der Waals surface area contributed by atoms with Gasteiger partial charge in [0.15, 0.2) is 0 Å². The fourth-order valence-electron chi connectivity index (χ4n) is 4.74. The summed E-state index contributed by atoms with van der Waals surface area (Å²) in [7, 11) is 0. The second-order valence-corrected chi connectivity index (χ2v) is 7.81. The van der Waals surface area contributed by atoms with Crippen molar-refractivity contribution < 1.29 is 9.84 Å². The summed E-state index contributed by atoms with van der Waals surface area (Å²) >= 11 is 0. The van der Waals surface area contributed by atoms with Gasteiger partial charge in [0.1, 0.15) is 17.1 Å². The molecule has 1 aliphatic heterocycles. The topological polar surface area (TPSA) is 29.5 Å². The molecule has 0 radical (unpaired) electrons. The molecule has 1 aromatic carbocycles. The second kappa shape index (κ2) is 5.04. The van der Waals surface area contributed by atoms with Crippen molar-refractivity contribution >= 4 is 0 Å². The van der Waals surface area contributed by atoms with Gasteiger partial charge in [-0.05, 0) is 57.7 Å². The summed E-state index contributed by atoms with van der Waals surface area (Å²) in [5, 5.41) is 10.7. The monoisotopic (exact) mass is 300 g/mol. The highest BCUT2D eigenvalue weighted by atomic mass is 16.5. The third-order valence-corrected chi connectivity index (χ3v) is 5.53. The third-order valence-electron chi connectivity index (χ3n) is 5.53. The fraction of sp³-hybridized carbons (Fsp3) is 0.600. The maximum absolute atomic E-state index is 10.7. The van der Waals surface area contributed by atoms with Crippen molar-refractivity contribution in [1.29, 1.82) is 0 Å². The average Bonchev–Trinajstić information content (AvgIpc) is 2.35. The molecule has 3 rings (SSSR count). The van der Waals surface area contributed by atoms with Crippen molar-refractivity contribution in [2.24, 2.45) is 5.92 Å². The van der Waals surface area contributed by atoms with Gasteiger partial charge in [0.25, 0.3) is 0 Å². The van der Waals surface area contributed by atoms with Gasteiger partial charge in [-0.15, -0.1) is 0 Å². The predicted molar refractivity (Wildman–Crippen MR) is 90.6 cm³/mol. The van der Waals surface area contributed by atoms with Crippen molar-refractivity contribution in [2.75, 3.05) is 0 Å². The van der Waals surface area contributed by atoms with Crippen LogP contribution in [-0.2, 0) is 11.8 Å². The minimum Gasteiger partial charge on any atom is -0.507 e. The molecular weight excluding hydrogens is 272 g/mol. The number of rotatable bonds is 2. The maximum Gasteiger partial charge on any atom is 0.128 e. The summed E-state index contributed by atoms with van der Waals surface area (Å²) in [5.41, 5.74) is 3.20. The molecule has 0 aromatic heterocycles. The number of fused-ring (bicyclic) bond motifs is 3. The lowest BCUT2D eigenvalue weighted by Gasteiger charge is -2.52. The molecule has 2 atom stereocenters. The molecule has 0 saturated carbocycles. The van der Waals surface area contributed by atoms with Crippen LogP contribution in [0.4, 0.5) is 0 Å². The van der Waals surface area contributed by atoms with Crippen LogP contribution in [0, 0.1) is 5.92 Å².